The molecule has 2 aliphatic rings. The molecule has 0 radical (unpaired) electrons. The molecule has 3 heterocycles. The molecule has 3 rings (SSSR count). The number of hydrogen-bond donors (Lipinski definition) is 0. The highest BCUT2D eigenvalue weighted by Crippen LogP contribution is 2.34. The van der Waals surface area contributed by atoms with Crippen molar-refractivity contribution in [3.05, 3.63) is 24.5 Å². The van der Waals surface area contributed by atoms with Gasteiger partial charge in [-0.05, 0) is 31.9 Å². The average Bonchev–Trinajstić information content (AvgIpc) is 2.88. The van der Waals surface area contributed by atoms with Gasteiger partial charge in [0.1, 0.15) is 11.0 Å². The lowest BCUT2D eigenvalue weighted by Gasteiger charge is -2.31. The number of nitrogens with zero attached hydrogens (tertiary/aromatic N) is 2. The van der Waals surface area contributed by atoms with Crippen molar-refractivity contribution < 1.29 is 17.9 Å². The second kappa shape index (κ2) is 6.00. The van der Waals surface area contributed by atoms with Crippen LogP contribution in [0.2, 0.25) is 0 Å². The molecule has 0 aliphatic carbocycles. The number of hydrogen-bond acceptors (Lipinski definition) is 5. The summed E-state index contributed by atoms with van der Waals surface area (Å²) in [6.45, 7) is 3.49. The topological polar surface area (TPSA) is 68.7 Å². The van der Waals surface area contributed by atoms with Crippen LogP contribution in [0, 0.1) is 0 Å². The average molecular weight is 312 g/mol. The van der Waals surface area contributed by atoms with E-state index in [2.05, 4.69) is 4.98 Å². The first-order valence-electron chi connectivity index (χ1n) is 7.29. The third-order valence-electron chi connectivity index (χ3n) is 4.05. The zero-order valence-electron chi connectivity index (χ0n) is 12.0. The molecular formula is C14H20N2O4S. The van der Waals surface area contributed by atoms with E-state index in [1.165, 1.54) is 10.5 Å². The lowest BCUT2D eigenvalue weighted by atomic mass is 10.0. The van der Waals surface area contributed by atoms with Gasteiger partial charge in [0.2, 0.25) is 10.0 Å². The largest absolute Gasteiger partial charge is 0.374 e. The van der Waals surface area contributed by atoms with Gasteiger partial charge in [-0.3, -0.25) is 4.98 Å². The number of pyridine rings is 1. The molecular weight excluding hydrogens is 292 g/mol. The van der Waals surface area contributed by atoms with Crippen LogP contribution < -0.4 is 0 Å². The first-order valence-corrected chi connectivity index (χ1v) is 8.73. The predicted molar refractivity (Wildman–Crippen MR) is 76.3 cm³/mol. The van der Waals surface area contributed by atoms with Crippen LogP contribution in [0.1, 0.15) is 19.8 Å². The molecule has 0 bridgehead atoms. The van der Waals surface area contributed by atoms with Crippen LogP contribution in [-0.4, -0.2) is 55.7 Å². The number of rotatable bonds is 4. The third-order valence-corrected chi connectivity index (χ3v) is 5.93. The molecule has 2 saturated heterocycles. The maximum atomic E-state index is 12.8. The van der Waals surface area contributed by atoms with Gasteiger partial charge in [-0.15, -0.1) is 0 Å². The lowest BCUT2D eigenvalue weighted by molar-refractivity contribution is -0.0727. The highest BCUT2D eigenvalue weighted by atomic mass is 32.2. The first-order chi connectivity index (χ1) is 10.1. The molecule has 1 aromatic rings. The van der Waals surface area contributed by atoms with E-state index in [0.717, 1.165) is 12.8 Å². The summed E-state index contributed by atoms with van der Waals surface area (Å²) >= 11 is 0. The summed E-state index contributed by atoms with van der Waals surface area (Å²) in [5, 5.41) is 0. The van der Waals surface area contributed by atoms with Gasteiger partial charge in [-0.1, -0.05) is 0 Å². The predicted octanol–water partition coefficient (Wildman–Crippen LogP) is 1.04. The van der Waals surface area contributed by atoms with Crippen molar-refractivity contribution in [1.29, 1.82) is 0 Å². The van der Waals surface area contributed by atoms with Crippen molar-refractivity contribution in [3.63, 3.8) is 0 Å². The smallest absolute Gasteiger partial charge is 0.245 e. The van der Waals surface area contributed by atoms with E-state index in [-0.39, 0.29) is 23.1 Å². The zero-order valence-corrected chi connectivity index (χ0v) is 12.8. The molecule has 1 aromatic heterocycles. The molecule has 0 amide bonds. The second-order valence-corrected chi connectivity index (χ2v) is 7.19. The van der Waals surface area contributed by atoms with Crippen LogP contribution in [0.3, 0.4) is 0 Å². The van der Waals surface area contributed by atoms with Crippen LogP contribution in [0.5, 0.6) is 0 Å². The minimum Gasteiger partial charge on any atom is -0.374 e. The fourth-order valence-corrected chi connectivity index (χ4v) is 4.78. The normalized spacial score (nSPS) is 30.2. The summed E-state index contributed by atoms with van der Waals surface area (Å²) in [5.74, 6) is 0. The number of fused-ring (bicyclic) bond motifs is 1. The van der Waals surface area contributed by atoms with Crippen molar-refractivity contribution in [2.24, 2.45) is 0 Å². The minimum atomic E-state index is -3.55. The second-order valence-electron chi connectivity index (χ2n) is 5.30. The standard InChI is InChI=1S/C14H20N2O4S/c1-2-19-13-10-16(12-6-4-8-20-14(12)13)21(17,18)11-5-3-7-15-9-11/h3,5,7,9,12-14H,2,4,6,8,10H2,1H3/t12-,13-,14+/m0/s1. The van der Waals surface area contributed by atoms with Gasteiger partial charge in [-0.2, -0.15) is 4.31 Å². The van der Waals surface area contributed by atoms with Crippen LogP contribution >= 0.6 is 0 Å². The van der Waals surface area contributed by atoms with Crippen molar-refractivity contribution in [2.75, 3.05) is 19.8 Å². The van der Waals surface area contributed by atoms with E-state index >= 15 is 0 Å². The molecule has 0 aromatic carbocycles. The third kappa shape index (κ3) is 2.70. The van der Waals surface area contributed by atoms with E-state index < -0.39 is 10.0 Å². The van der Waals surface area contributed by atoms with E-state index in [1.807, 2.05) is 6.92 Å². The van der Waals surface area contributed by atoms with Crippen molar-refractivity contribution in [3.8, 4) is 0 Å². The molecule has 0 N–H and O–H groups in total. The SMILES string of the molecule is CCO[C@H]1CN(S(=O)(=O)c2cccnc2)[C@H]2CCCO[C@@H]12. The highest BCUT2D eigenvalue weighted by molar-refractivity contribution is 7.89. The minimum absolute atomic E-state index is 0.138. The van der Waals surface area contributed by atoms with Gasteiger partial charge in [0.15, 0.2) is 0 Å². The van der Waals surface area contributed by atoms with Crippen LogP contribution in [-0.2, 0) is 19.5 Å². The fraction of sp³-hybridized carbons (Fsp3) is 0.643. The van der Waals surface area contributed by atoms with Crippen LogP contribution in [0.25, 0.3) is 0 Å². The number of ether oxygens (including phenoxy) is 2. The maximum Gasteiger partial charge on any atom is 0.245 e. The number of aromatic nitrogens is 1. The Bertz CT molecular complexity index is 578. The molecule has 2 aliphatic heterocycles. The van der Waals surface area contributed by atoms with E-state index in [0.29, 0.717) is 19.8 Å². The molecule has 6 nitrogen and oxygen atoms in total. The summed E-state index contributed by atoms with van der Waals surface area (Å²) in [6, 6.07) is 3.08. The number of sulfonamides is 1. The molecule has 7 heteroatoms. The fourth-order valence-electron chi connectivity index (χ4n) is 3.14. The van der Waals surface area contributed by atoms with E-state index in [9.17, 15) is 8.42 Å². The Labute approximate surface area is 125 Å². The van der Waals surface area contributed by atoms with Crippen molar-refractivity contribution >= 4 is 10.0 Å². The Morgan fingerprint density at radius 2 is 2.38 bits per heavy atom. The lowest BCUT2D eigenvalue weighted by Crippen LogP contribution is -2.43. The van der Waals surface area contributed by atoms with E-state index in [1.54, 1.807) is 18.3 Å². The van der Waals surface area contributed by atoms with Crippen molar-refractivity contribution in [2.45, 2.75) is 42.9 Å². The Morgan fingerprint density at radius 1 is 1.52 bits per heavy atom. The van der Waals surface area contributed by atoms with Gasteiger partial charge in [0.25, 0.3) is 0 Å². The summed E-state index contributed by atoms with van der Waals surface area (Å²) in [5.41, 5.74) is 0. The summed E-state index contributed by atoms with van der Waals surface area (Å²) in [7, 11) is -3.55. The zero-order chi connectivity index (χ0) is 14.9. The first kappa shape index (κ1) is 14.9. The monoisotopic (exact) mass is 312 g/mol. The van der Waals surface area contributed by atoms with Gasteiger partial charge in [0, 0.05) is 32.2 Å². The molecule has 2 fully saturated rings. The van der Waals surface area contributed by atoms with Gasteiger partial charge in [-0.25, -0.2) is 8.42 Å². The maximum absolute atomic E-state index is 12.8. The molecule has 0 unspecified atom stereocenters. The quantitative estimate of drug-likeness (QED) is 0.831. The van der Waals surface area contributed by atoms with Gasteiger partial charge >= 0.3 is 0 Å². The summed E-state index contributed by atoms with van der Waals surface area (Å²) in [6.07, 6.45) is 4.30. The molecule has 21 heavy (non-hydrogen) atoms. The Hall–Kier alpha value is -1.02. The van der Waals surface area contributed by atoms with Crippen molar-refractivity contribution in [1.82, 2.24) is 9.29 Å². The Balaban J connectivity index is 1.91. The summed E-state index contributed by atoms with van der Waals surface area (Å²) < 4.78 is 38.6. The molecule has 0 saturated carbocycles. The van der Waals surface area contributed by atoms with Crippen LogP contribution in [0.15, 0.2) is 29.4 Å². The van der Waals surface area contributed by atoms with Crippen LogP contribution in [0.4, 0.5) is 0 Å². The Morgan fingerprint density at radius 3 is 3.10 bits per heavy atom. The van der Waals surface area contributed by atoms with E-state index in [4.69, 9.17) is 9.47 Å². The molecule has 0 spiro atoms. The van der Waals surface area contributed by atoms with Gasteiger partial charge < -0.3 is 9.47 Å². The Kier molecular flexibility index (Phi) is 4.26. The molecule has 3 atom stereocenters. The molecule has 116 valence electrons. The highest BCUT2D eigenvalue weighted by Gasteiger charge is 2.49. The summed E-state index contributed by atoms with van der Waals surface area (Å²) in [4.78, 5) is 4.14. The van der Waals surface area contributed by atoms with Gasteiger partial charge in [0.05, 0.1) is 12.1 Å².